The summed E-state index contributed by atoms with van der Waals surface area (Å²) in [4.78, 5) is 2.28. The Bertz CT molecular complexity index is 139. The number of nitrogens with zero attached hydrogens (tertiary/aromatic N) is 1. The predicted molar refractivity (Wildman–Crippen MR) is 54.7 cm³/mol. The summed E-state index contributed by atoms with van der Waals surface area (Å²) in [6.07, 6.45) is 5.06. The molecule has 0 amide bonds. The lowest BCUT2D eigenvalue weighted by Crippen LogP contribution is -2.44. The van der Waals surface area contributed by atoms with Crippen molar-refractivity contribution in [2.75, 3.05) is 27.2 Å². The fourth-order valence-corrected chi connectivity index (χ4v) is 2.01. The number of rotatable bonds is 4. The highest BCUT2D eigenvalue weighted by Crippen LogP contribution is 2.20. The van der Waals surface area contributed by atoms with Gasteiger partial charge in [-0.2, -0.15) is 0 Å². The fraction of sp³-hybridized carbons (Fsp3) is 1.00. The molecule has 0 aromatic rings. The molecule has 1 aliphatic heterocycles. The summed E-state index contributed by atoms with van der Waals surface area (Å²) in [5.74, 6) is 0. The Balaban J connectivity index is 2.37. The molecular weight excluding hydrogens is 164 g/mol. The molecule has 0 aromatic heterocycles. The summed E-state index contributed by atoms with van der Waals surface area (Å²) in [6, 6.07) is 0.597. The van der Waals surface area contributed by atoms with E-state index < -0.39 is 0 Å². The number of hydrogen-bond donors (Lipinski definition) is 1. The highest BCUT2D eigenvalue weighted by molar-refractivity contribution is 4.80. The van der Waals surface area contributed by atoms with Crippen molar-refractivity contribution in [2.45, 2.75) is 37.8 Å². The average Bonchev–Trinajstić information content (AvgIpc) is 2.15. The maximum Gasteiger partial charge on any atom is 0.0730 e. The Labute approximate surface area is 81.2 Å². The van der Waals surface area contributed by atoms with Crippen molar-refractivity contribution in [3.63, 3.8) is 0 Å². The largest absolute Gasteiger partial charge is 0.377 e. The molecule has 1 rings (SSSR count). The van der Waals surface area contributed by atoms with E-state index in [0.29, 0.717) is 12.1 Å². The van der Waals surface area contributed by atoms with Gasteiger partial charge in [-0.3, -0.25) is 0 Å². The molecule has 78 valence electrons. The molecule has 3 heteroatoms. The van der Waals surface area contributed by atoms with E-state index in [4.69, 9.17) is 10.5 Å². The highest BCUT2D eigenvalue weighted by Gasteiger charge is 2.26. The molecule has 0 spiro atoms. The Hall–Kier alpha value is -0.120. The SMILES string of the molecule is CN(C)C1CCCOC1CCCN. The lowest BCUT2D eigenvalue weighted by molar-refractivity contribution is -0.0425. The van der Waals surface area contributed by atoms with E-state index in [1.54, 1.807) is 0 Å². The van der Waals surface area contributed by atoms with Gasteiger partial charge in [-0.25, -0.2) is 0 Å². The standard InChI is InChI=1S/C10H22N2O/c1-12(2)9-5-4-8-13-10(9)6-3-7-11/h9-10H,3-8,11H2,1-2H3. The molecule has 1 heterocycles. The second-order valence-corrected chi connectivity index (χ2v) is 4.01. The second-order valence-electron chi connectivity index (χ2n) is 4.01. The Morgan fingerprint density at radius 2 is 2.23 bits per heavy atom. The van der Waals surface area contributed by atoms with Gasteiger partial charge in [-0.15, -0.1) is 0 Å². The van der Waals surface area contributed by atoms with Crippen LogP contribution >= 0.6 is 0 Å². The zero-order valence-corrected chi connectivity index (χ0v) is 8.83. The zero-order valence-electron chi connectivity index (χ0n) is 8.83. The van der Waals surface area contributed by atoms with Gasteiger partial charge in [0, 0.05) is 12.6 Å². The molecule has 13 heavy (non-hydrogen) atoms. The molecule has 1 aliphatic rings. The first-order chi connectivity index (χ1) is 6.25. The van der Waals surface area contributed by atoms with Crippen molar-refractivity contribution < 1.29 is 4.74 Å². The number of likely N-dealkylation sites (N-methyl/N-ethyl adjacent to an activating group) is 1. The minimum atomic E-state index is 0.410. The van der Waals surface area contributed by atoms with E-state index in [-0.39, 0.29) is 0 Å². The third-order valence-electron chi connectivity index (χ3n) is 2.76. The molecule has 0 aliphatic carbocycles. The number of ether oxygens (including phenoxy) is 1. The zero-order chi connectivity index (χ0) is 9.68. The van der Waals surface area contributed by atoms with Crippen molar-refractivity contribution in [1.82, 2.24) is 4.90 Å². The Morgan fingerprint density at radius 3 is 2.85 bits per heavy atom. The van der Waals surface area contributed by atoms with Gasteiger partial charge in [-0.1, -0.05) is 0 Å². The molecule has 0 aromatic carbocycles. The number of nitrogens with two attached hydrogens (primary N) is 1. The first-order valence-corrected chi connectivity index (χ1v) is 5.24. The van der Waals surface area contributed by atoms with Crippen LogP contribution in [0.1, 0.15) is 25.7 Å². The maximum atomic E-state index is 5.76. The summed E-state index contributed by atoms with van der Waals surface area (Å²) in [5, 5.41) is 0. The van der Waals surface area contributed by atoms with Crippen LogP contribution in [0, 0.1) is 0 Å². The monoisotopic (exact) mass is 186 g/mol. The van der Waals surface area contributed by atoms with Crippen LogP contribution in [0.15, 0.2) is 0 Å². The van der Waals surface area contributed by atoms with E-state index in [0.717, 1.165) is 26.0 Å². The first kappa shape index (κ1) is 11.0. The van der Waals surface area contributed by atoms with Crippen molar-refractivity contribution in [2.24, 2.45) is 5.73 Å². The molecule has 0 saturated carbocycles. The first-order valence-electron chi connectivity index (χ1n) is 5.24. The van der Waals surface area contributed by atoms with Crippen LogP contribution < -0.4 is 5.73 Å². The maximum absolute atomic E-state index is 5.76. The van der Waals surface area contributed by atoms with E-state index >= 15 is 0 Å². The molecule has 2 N–H and O–H groups in total. The summed E-state index contributed by atoms with van der Waals surface area (Å²) < 4.78 is 5.76. The van der Waals surface area contributed by atoms with Crippen LogP contribution in [0.4, 0.5) is 0 Å². The Morgan fingerprint density at radius 1 is 1.46 bits per heavy atom. The van der Waals surface area contributed by atoms with Crippen molar-refractivity contribution in [1.29, 1.82) is 0 Å². The van der Waals surface area contributed by atoms with Crippen LogP contribution in [0.5, 0.6) is 0 Å². The van der Waals surface area contributed by atoms with Gasteiger partial charge >= 0.3 is 0 Å². The molecule has 1 saturated heterocycles. The minimum Gasteiger partial charge on any atom is -0.377 e. The molecule has 0 bridgehead atoms. The van der Waals surface area contributed by atoms with Gasteiger partial charge in [0.05, 0.1) is 6.10 Å². The summed E-state index contributed by atoms with van der Waals surface area (Å²) >= 11 is 0. The molecule has 3 nitrogen and oxygen atoms in total. The summed E-state index contributed by atoms with van der Waals surface area (Å²) in [6.45, 7) is 1.71. The van der Waals surface area contributed by atoms with Crippen molar-refractivity contribution in [3.8, 4) is 0 Å². The summed E-state index contributed by atoms with van der Waals surface area (Å²) in [7, 11) is 4.27. The molecule has 2 atom stereocenters. The van der Waals surface area contributed by atoms with E-state index in [1.165, 1.54) is 12.8 Å². The smallest absolute Gasteiger partial charge is 0.0730 e. The third-order valence-corrected chi connectivity index (χ3v) is 2.76. The Kier molecular flexibility index (Phi) is 4.70. The van der Waals surface area contributed by atoms with Crippen LogP contribution in [0.3, 0.4) is 0 Å². The van der Waals surface area contributed by atoms with Gasteiger partial charge in [0.15, 0.2) is 0 Å². The van der Waals surface area contributed by atoms with Gasteiger partial charge in [-0.05, 0) is 46.3 Å². The van der Waals surface area contributed by atoms with Crippen molar-refractivity contribution >= 4 is 0 Å². The lowest BCUT2D eigenvalue weighted by Gasteiger charge is -2.36. The topological polar surface area (TPSA) is 38.5 Å². The normalized spacial score (nSPS) is 29.5. The van der Waals surface area contributed by atoms with Gasteiger partial charge in [0.1, 0.15) is 0 Å². The fourth-order valence-electron chi connectivity index (χ4n) is 2.01. The molecule has 0 radical (unpaired) electrons. The van der Waals surface area contributed by atoms with Crippen LogP contribution in [-0.4, -0.2) is 44.3 Å². The van der Waals surface area contributed by atoms with Gasteiger partial charge in [0.25, 0.3) is 0 Å². The summed E-state index contributed by atoms with van der Waals surface area (Å²) in [5.41, 5.74) is 5.50. The van der Waals surface area contributed by atoms with Gasteiger partial charge in [0.2, 0.25) is 0 Å². The average molecular weight is 186 g/mol. The molecule has 2 unspecified atom stereocenters. The van der Waals surface area contributed by atoms with Crippen LogP contribution in [-0.2, 0) is 4.74 Å². The molecule has 1 fully saturated rings. The van der Waals surface area contributed by atoms with Gasteiger partial charge < -0.3 is 15.4 Å². The second kappa shape index (κ2) is 5.58. The highest BCUT2D eigenvalue weighted by atomic mass is 16.5. The van der Waals surface area contributed by atoms with E-state index in [2.05, 4.69) is 19.0 Å². The van der Waals surface area contributed by atoms with E-state index in [9.17, 15) is 0 Å². The van der Waals surface area contributed by atoms with Crippen molar-refractivity contribution in [3.05, 3.63) is 0 Å². The predicted octanol–water partition coefficient (Wildman–Crippen LogP) is 0.834. The quantitative estimate of drug-likeness (QED) is 0.707. The van der Waals surface area contributed by atoms with Crippen LogP contribution in [0.25, 0.3) is 0 Å². The third kappa shape index (κ3) is 3.25. The van der Waals surface area contributed by atoms with E-state index in [1.807, 2.05) is 0 Å². The van der Waals surface area contributed by atoms with Crippen LogP contribution in [0.2, 0.25) is 0 Å². The minimum absolute atomic E-state index is 0.410. The lowest BCUT2D eigenvalue weighted by atomic mass is 9.98. The number of hydrogen-bond acceptors (Lipinski definition) is 3. The molecular formula is C10H22N2O.